The number of rotatable bonds is 7. The largest absolute Gasteiger partial charge is 0.480 e. The van der Waals surface area contributed by atoms with Crippen molar-refractivity contribution in [3.05, 3.63) is 59.5 Å². The van der Waals surface area contributed by atoms with Gasteiger partial charge in [-0.05, 0) is 31.2 Å². The van der Waals surface area contributed by atoms with Crippen LogP contribution in [0.2, 0.25) is 0 Å². The van der Waals surface area contributed by atoms with Crippen molar-refractivity contribution in [3.63, 3.8) is 0 Å². The van der Waals surface area contributed by atoms with Gasteiger partial charge in [0.2, 0.25) is 5.88 Å². The van der Waals surface area contributed by atoms with Crippen molar-refractivity contribution in [2.24, 2.45) is 0 Å². The van der Waals surface area contributed by atoms with Crippen molar-refractivity contribution in [3.8, 4) is 5.88 Å². The third-order valence-corrected chi connectivity index (χ3v) is 5.41. The van der Waals surface area contributed by atoms with Crippen LogP contribution in [0.3, 0.4) is 0 Å². The smallest absolute Gasteiger partial charge is 0.297 e. The molecule has 148 valence electrons. The summed E-state index contributed by atoms with van der Waals surface area (Å²) in [6.07, 6.45) is -0.0695. The Labute approximate surface area is 161 Å². The molecule has 0 saturated carbocycles. The van der Waals surface area contributed by atoms with Crippen LogP contribution in [0.1, 0.15) is 11.1 Å². The van der Waals surface area contributed by atoms with Gasteiger partial charge in [-0.15, -0.1) is 0 Å². The van der Waals surface area contributed by atoms with Gasteiger partial charge in [0.15, 0.2) is 0 Å². The van der Waals surface area contributed by atoms with E-state index in [4.69, 9.17) is 8.92 Å². The van der Waals surface area contributed by atoms with Crippen molar-refractivity contribution in [1.82, 2.24) is 9.97 Å². The number of nitrogens with zero attached hydrogens (tertiary/aromatic N) is 2. The van der Waals surface area contributed by atoms with Gasteiger partial charge in [0.1, 0.15) is 5.82 Å². The zero-order valence-electron chi connectivity index (χ0n) is 15.3. The van der Waals surface area contributed by atoms with E-state index in [0.29, 0.717) is 5.52 Å². The minimum absolute atomic E-state index is 0.0164. The van der Waals surface area contributed by atoms with E-state index in [1.54, 1.807) is 12.1 Å². The number of halogens is 1. The third-order valence-electron chi connectivity index (χ3n) is 4.11. The van der Waals surface area contributed by atoms with E-state index in [2.05, 4.69) is 9.97 Å². The first-order valence-corrected chi connectivity index (χ1v) is 9.83. The molecule has 0 fully saturated rings. The Balaban J connectivity index is 1.77. The Morgan fingerprint density at radius 2 is 1.89 bits per heavy atom. The summed E-state index contributed by atoms with van der Waals surface area (Å²) in [4.78, 5) is 8.29. The van der Waals surface area contributed by atoms with E-state index in [-0.39, 0.29) is 28.3 Å². The highest BCUT2D eigenvalue weighted by Crippen LogP contribution is 2.23. The summed E-state index contributed by atoms with van der Waals surface area (Å²) in [5.41, 5.74) is 1.67. The SMILES string of the molecule is COc1cnc2ccc(F)c(CC(O)COS(=O)(=O)c3ccc(C)cc3)c2n1. The third kappa shape index (κ3) is 4.44. The number of fused-ring (bicyclic) bond motifs is 1. The van der Waals surface area contributed by atoms with Gasteiger partial charge in [-0.2, -0.15) is 8.42 Å². The average Bonchev–Trinajstić information content (AvgIpc) is 2.68. The van der Waals surface area contributed by atoms with Gasteiger partial charge < -0.3 is 9.84 Å². The molecular weight excluding hydrogens is 387 g/mol. The molecular formula is C19H19FN2O5S. The molecule has 0 radical (unpaired) electrons. The molecule has 9 heteroatoms. The number of aryl methyl sites for hydroxylation is 1. The molecule has 0 bridgehead atoms. The first kappa shape index (κ1) is 20.1. The zero-order valence-corrected chi connectivity index (χ0v) is 16.1. The van der Waals surface area contributed by atoms with Crippen molar-refractivity contribution >= 4 is 21.2 Å². The highest BCUT2D eigenvalue weighted by atomic mass is 32.2. The van der Waals surface area contributed by atoms with Gasteiger partial charge in [0, 0.05) is 12.0 Å². The topological polar surface area (TPSA) is 98.6 Å². The van der Waals surface area contributed by atoms with E-state index >= 15 is 0 Å². The summed E-state index contributed by atoms with van der Waals surface area (Å²) >= 11 is 0. The molecule has 3 aromatic rings. The van der Waals surface area contributed by atoms with E-state index in [1.807, 2.05) is 6.92 Å². The maximum absolute atomic E-state index is 14.3. The summed E-state index contributed by atoms with van der Waals surface area (Å²) in [6.45, 7) is 1.31. The minimum Gasteiger partial charge on any atom is -0.480 e. The fourth-order valence-electron chi connectivity index (χ4n) is 2.62. The molecule has 0 spiro atoms. The van der Waals surface area contributed by atoms with Gasteiger partial charge in [-0.1, -0.05) is 17.7 Å². The predicted octanol–water partition coefficient (Wildman–Crippen LogP) is 2.39. The van der Waals surface area contributed by atoms with Gasteiger partial charge in [0.05, 0.1) is 41.9 Å². The quantitative estimate of drug-likeness (QED) is 0.602. The molecule has 0 amide bonds. The number of benzene rings is 2. The lowest BCUT2D eigenvalue weighted by atomic mass is 10.1. The van der Waals surface area contributed by atoms with Crippen LogP contribution in [0.5, 0.6) is 5.88 Å². The van der Waals surface area contributed by atoms with Crippen molar-refractivity contribution in [2.75, 3.05) is 13.7 Å². The summed E-state index contributed by atoms with van der Waals surface area (Å²) in [6, 6.07) is 8.81. The van der Waals surface area contributed by atoms with Crippen LogP contribution in [0.25, 0.3) is 11.0 Å². The predicted molar refractivity (Wildman–Crippen MR) is 100 cm³/mol. The first-order valence-electron chi connectivity index (χ1n) is 8.42. The van der Waals surface area contributed by atoms with E-state index in [9.17, 15) is 17.9 Å². The number of aromatic nitrogens is 2. The highest BCUT2D eigenvalue weighted by molar-refractivity contribution is 7.86. The molecule has 0 aliphatic heterocycles. The van der Waals surface area contributed by atoms with Crippen LogP contribution < -0.4 is 4.74 Å². The van der Waals surface area contributed by atoms with Gasteiger partial charge in [-0.3, -0.25) is 4.18 Å². The van der Waals surface area contributed by atoms with Gasteiger partial charge in [-0.25, -0.2) is 14.4 Å². The minimum atomic E-state index is -4.03. The lowest BCUT2D eigenvalue weighted by Crippen LogP contribution is -2.22. The Morgan fingerprint density at radius 3 is 2.57 bits per heavy atom. The molecule has 0 saturated heterocycles. The molecule has 0 aliphatic rings. The molecule has 1 atom stereocenters. The molecule has 0 aliphatic carbocycles. The lowest BCUT2D eigenvalue weighted by Gasteiger charge is -2.14. The van der Waals surface area contributed by atoms with Gasteiger partial charge >= 0.3 is 0 Å². The highest BCUT2D eigenvalue weighted by Gasteiger charge is 2.20. The molecule has 7 nitrogen and oxygen atoms in total. The maximum atomic E-state index is 14.3. The molecule has 2 aromatic carbocycles. The second-order valence-electron chi connectivity index (χ2n) is 6.22. The molecule has 1 aromatic heterocycles. The van der Waals surface area contributed by atoms with E-state index in [0.717, 1.165) is 5.56 Å². The number of hydrogen-bond acceptors (Lipinski definition) is 7. The van der Waals surface area contributed by atoms with E-state index in [1.165, 1.54) is 37.6 Å². The molecule has 3 rings (SSSR count). The normalized spacial score (nSPS) is 12.9. The Bertz CT molecular complexity index is 1090. The van der Waals surface area contributed by atoms with Crippen molar-refractivity contribution in [1.29, 1.82) is 0 Å². The monoisotopic (exact) mass is 406 g/mol. The maximum Gasteiger partial charge on any atom is 0.297 e. The summed E-state index contributed by atoms with van der Waals surface area (Å²) in [5, 5.41) is 10.2. The van der Waals surface area contributed by atoms with Crippen LogP contribution in [0.15, 0.2) is 47.5 Å². The molecule has 1 unspecified atom stereocenters. The van der Waals surface area contributed by atoms with Crippen molar-refractivity contribution < 1.29 is 26.8 Å². The summed E-state index contributed by atoms with van der Waals surface area (Å²) in [5.74, 6) is -0.387. The second-order valence-corrected chi connectivity index (χ2v) is 7.83. The van der Waals surface area contributed by atoms with Crippen molar-refractivity contribution in [2.45, 2.75) is 24.3 Å². The first-order chi connectivity index (χ1) is 13.3. The second kappa shape index (κ2) is 8.17. The van der Waals surface area contributed by atoms with Crippen LogP contribution in [0, 0.1) is 12.7 Å². The fraction of sp³-hybridized carbons (Fsp3) is 0.263. The van der Waals surface area contributed by atoms with Crippen LogP contribution in [0.4, 0.5) is 4.39 Å². The number of aliphatic hydroxyl groups excluding tert-OH is 1. The van der Waals surface area contributed by atoms with Gasteiger partial charge in [0.25, 0.3) is 10.1 Å². The lowest BCUT2D eigenvalue weighted by molar-refractivity contribution is 0.110. The summed E-state index contributed by atoms with van der Waals surface area (Å²) in [7, 11) is -2.62. The van der Waals surface area contributed by atoms with Crippen LogP contribution in [-0.2, 0) is 20.7 Å². The number of hydrogen-bond donors (Lipinski definition) is 1. The standard InChI is InChI=1S/C19H19FN2O5S/c1-12-3-5-14(6-4-12)28(24,25)27-11-13(23)9-15-16(20)7-8-17-19(15)22-18(26-2)10-21-17/h3-8,10,13,23H,9,11H2,1-2H3. The zero-order chi connectivity index (χ0) is 20.3. The molecule has 1 N–H and O–H groups in total. The Morgan fingerprint density at radius 1 is 1.18 bits per heavy atom. The molecule has 28 heavy (non-hydrogen) atoms. The Hall–Kier alpha value is -2.62. The molecule has 1 heterocycles. The summed E-state index contributed by atoms with van der Waals surface area (Å²) < 4.78 is 48.7. The number of ether oxygens (including phenoxy) is 1. The van der Waals surface area contributed by atoms with Crippen LogP contribution in [-0.4, -0.2) is 43.3 Å². The number of methoxy groups -OCH3 is 1. The Kier molecular flexibility index (Phi) is 5.87. The fourth-order valence-corrected chi connectivity index (χ4v) is 3.56. The average molecular weight is 406 g/mol. The number of aliphatic hydroxyl groups is 1. The van der Waals surface area contributed by atoms with E-state index < -0.39 is 28.6 Å². The van der Waals surface area contributed by atoms with Crippen LogP contribution >= 0.6 is 0 Å².